The summed E-state index contributed by atoms with van der Waals surface area (Å²) in [5, 5.41) is 9.88. The molecule has 0 saturated carbocycles. The maximum Gasteiger partial charge on any atom is 0.0716 e. The number of ether oxygens (including phenoxy) is 1. The van der Waals surface area contributed by atoms with E-state index in [1.807, 2.05) is 48.5 Å². The van der Waals surface area contributed by atoms with Crippen LogP contribution < -0.4 is 0 Å². The van der Waals surface area contributed by atoms with Gasteiger partial charge in [-0.1, -0.05) is 36.4 Å². The standard InChI is InChI=1S/C16H19NO2/c18-16(12-15-8-4-5-10-17-15)9-11-19-13-14-6-2-1-3-7-14/h1-8,10,16,18H,9,11-13H2. The van der Waals surface area contributed by atoms with E-state index >= 15 is 0 Å². The maximum atomic E-state index is 9.88. The predicted octanol–water partition coefficient (Wildman–Crippen LogP) is 2.59. The van der Waals surface area contributed by atoms with Crippen LogP contribution in [0.3, 0.4) is 0 Å². The van der Waals surface area contributed by atoms with Crippen molar-refractivity contribution < 1.29 is 9.84 Å². The van der Waals surface area contributed by atoms with Crippen molar-refractivity contribution in [2.24, 2.45) is 0 Å². The normalized spacial score (nSPS) is 12.3. The average molecular weight is 257 g/mol. The predicted molar refractivity (Wildman–Crippen MR) is 74.7 cm³/mol. The van der Waals surface area contributed by atoms with E-state index in [1.54, 1.807) is 6.20 Å². The topological polar surface area (TPSA) is 42.4 Å². The van der Waals surface area contributed by atoms with Gasteiger partial charge in [0.2, 0.25) is 0 Å². The molecule has 3 nitrogen and oxygen atoms in total. The maximum absolute atomic E-state index is 9.88. The Morgan fingerprint density at radius 3 is 2.58 bits per heavy atom. The molecule has 1 aromatic carbocycles. The highest BCUT2D eigenvalue weighted by Gasteiger charge is 2.06. The average Bonchev–Trinajstić information content (AvgIpc) is 2.46. The summed E-state index contributed by atoms with van der Waals surface area (Å²) in [6.07, 6.45) is 2.55. The molecule has 0 spiro atoms. The second-order valence-electron chi connectivity index (χ2n) is 4.51. The molecule has 1 heterocycles. The van der Waals surface area contributed by atoms with Gasteiger partial charge in [-0.3, -0.25) is 4.98 Å². The van der Waals surface area contributed by atoms with Crippen molar-refractivity contribution >= 4 is 0 Å². The number of hydrogen-bond acceptors (Lipinski definition) is 3. The zero-order chi connectivity index (χ0) is 13.3. The zero-order valence-corrected chi connectivity index (χ0v) is 10.9. The van der Waals surface area contributed by atoms with E-state index in [-0.39, 0.29) is 0 Å². The number of aliphatic hydroxyl groups is 1. The van der Waals surface area contributed by atoms with Gasteiger partial charge in [0.25, 0.3) is 0 Å². The van der Waals surface area contributed by atoms with Crippen LogP contribution in [0.4, 0.5) is 0 Å². The summed E-state index contributed by atoms with van der Waals surface area (Å²) in [4.78, 5) is 4.19. The third-order valence-electron chi connectivity index (χ3n) is 2.88. The number of aromatic nitrogens is 1. The number of benzene rings is 1. The molecule has 100 valence electrons. The molecular weight excluding hydrogens is 238 g/mol. The Bertz CT molecular complexity index is 459. The molecule has 0 fully saturated rings. The summed E-state index contributed by atoms with van der Waals surface area (Å²) < 4.78 is 5.55. The highest BCUT2D eigenvalue weighted by atomic mass is 16.5. The minimum Gasteiger partial charge on any atom is -0.393 e. The van der Waals surface area contributed by atoms with Crippen LogP contribution in [-0.2, 0) is 17.8 Å². The first kappa shape index (κ1) is 13.7. The fraction of sp³-hybridized carbons (Fsp3) is 0.312. The van der Waals surface area contributed by atoms with Gasteiger partial charge >= 0.3 is 0 Å². The highest BCUT2D eigenvalue weighted by Crippen LogP contribution is 2.05. The molecule has 1 unspecified atom stereocenters. The van der Waals surface area contributed by atoms with Gasteiger partial charge in [-0.25, -0.2) is 0 Å². The molecule has 0 aliphatic carbocycles. The Morgan fingerprint density at radius 2 is 1.84 bits per heavy atom. The van der Waals surface area contributed by atoms with Crippen LogP contribution in [0.2, 0.25) is 0 Å². The van der Waals surface area contributed by atoms with E-state index in [0.717, 1.165) is 11.3 Å². The molecule has 0 saturated heterocycles. The Kier molecular flexibility index (Phi) is 5.53. The smallest absolute Gasteiger partial charge is 0.0716 e. The van der Waals surface area contributed by atoms with Gasteiger partial charge in [-0.05, 0) is 24.1 Å². The molecule has 0 amide bonds. The van der Waals surface area contributed by atoms with Crippen molar-refractivity contribution in [3.8, 4) is 0 Å². The summed E-state index contributed by atoms with van der Waals surface area (Å²) in [7, 11) is 0. The van der Waals surface area contributed by atoms with Crippen molar-refractivity contribution in [1.82, 2.24) is 4.98 Å². The fourth-order valence-corrected chi connectivity index (χ4v) is 1.85. The van der Waals surface area contributed by atoms with E-state index in [0.29, 0.717) is 26.1 Å². The molecule has 0 bridgehead atoms. The first-order valence-electron chi connectivity index (χ1n) is 6.54. The van der Waals surface area contributed by atoms with Crippen LogP contribution >= 0.6 is 0 Å². The molecular formula is C16H19NO2. The summed E-state index contributed by atoms with van der Waals surface area (Å²) in [6, 6.07) is 15.8. The molecule has 1 atom stereocenters. The van der Waals surface area contributed by atoms with Crippen LogP contribution in [0.5, 0.6) is 0 Å². The lowest BCUT2D eigenvalue weighted by Gasteiger charge is -2.10. The van der Waals surface area contributed by atoms with Crippen LogP contribution in [0.25, 0.3) is 0 Å². The molecule has 1 N–H and O–H groups in total. The lowest BCUT2D eigenvalue weighted by Crippen LogP contribution is -2.14. The molecule has 2 rings (SSSR count). The fourth-order valence-electron chi connectivity index (χ4n) is 1.85. The largest absolute Gasteiger partial charge is 0.393 e. The third kappa shape index (κ3) is 5.20. The lowest BCUT2D eigenvalue weighted by molar-refractivity contribution is 0.0732. The van der Waals surface area contributed by atoms with Crippen LogP contribution in [0.15, 0.2) is 54.7 Å². The zero-order valence-electron chi connectivity index (χ0n) is 10.9. The minimum atomic E-state index is -0.398. The van der Waals surface area contributed by atoms with Crippen molar-refractivity contribution in [1.29, 1.82) is 0 Å². The van der Waals surface area contributed by atoms with Crippen LogP contribution in [-0.4, -0.2) is 22.8 Å². The molecule has 0 radical (unpaired) electrons. The SMILES string of the molecule is OC(CCOCc1ccccc1)Cc1ccccn1. The van der Waals surface area contributed by atoms with Gasteiger partial charge in [-0.15, -0.1) is 0 Å². The molecule has 19 heavy (non-hydrogen) atoms. The second kappa shape index (κ2) is 7.67. The summed E-state index contributed by atoms with van der Waals surface area (Å²) >= 11 is 0. The minimum absolute atomic E-state index is 0.398. The number of aliphatic hydroxyl groups excluding tert-OH is 1. The summed E-state index contributed by atoms with van der Waals surface area (Å²) in [6.45, 7) is 1.15. The van der Waals surface area contributed by atoms with Gasteiger partial charge in [-0.2, -0.15) is 0 Å². The second-order valence-corrected chi connectivity index (χ2v) is 4.51. The van der Waals surface area contributed by atoms with Gasteiger partial charge in [0.05, 0.1) is 12.7 Å². The number of nitrogens with zero attached hydrogens (tertiary/aromatic N) is 1. The van der Waals surface area contributed by atoms with E-state index in [1.165, 1.54) is 0 Å². The van der Waals surface area contributed by atoms with Gasteiger partial charge in [0.1, 0.15) is 0 Å². The molecule has 2 aromatic rings. The summed E-state index contributed by atoms with van der Waals surface area (Å²) in [5.74, 6) is 0. The van der Waals surface area contributed by atoms with E-state index in [4.69, 9.17) is 4.74 Å². The third-order valence-corrected chi connectivity index (χ3v) is 2.88. The van der Waals surface area contributed by atoms with Gasteiger partial charge in [0.15, 0.2) is 0 Å². The Balaban J connectivity index is 1.63. The van der Waals surface area contributed by atoms with Crippen molar-refractivity contribution in [3.63, 3.8) is 0 Å². The number of pyridine rings is 1. The highest BCUT2D eigenvalue weighted by molar-refractivity contribution is 5.13. The van der Waals surface area contributed by atoms with Crippen molar-refractivity contribution in [2.75, 3.05) is 6.61 Å². The Hall–Kier alpha value is -1.71. The van der Waals surface area contributed by atoms with Gasteiger partial charge < -0.3 is 9.84 Å². The summed E-state index contributed by atoms with van der Waals surface area (Å²) in [5.41, 5.74) is 2.07. The van der Waals surface area contributed by atoms with Crippen LogP contribution in [0.1, 0.15) is 17.7 Å². The molecule has 3 heteroatoms. The number of rotatable bonds is 7. The monoisotopic (exact) mass is 257 g/mol. The lowest BCUT2D eigenvalue weighted by atomic mass is 10.1. The Labute approximate surface area is 113 Å². The molecule has 0 aliphatic rings. The molecule has 0 aliphatic heterocycles. The van der Waals surface area contributed by atoms with Crippen molar-refractivity contribution in [3.05, 3.63) is 66.0 Å². The van der Waals surface area contributed by atoms with E-state index in [9.17, 15) is 5.11 Å². The first-order valence-corrected chi connectivity index (χ1v) is 6.54. The Morgan fingerprint density at radius 1 is 1.05 bits per heavy atom. The first-order chi connectivity index (χ1) is 9.34. The van der Waals surface area contributed by atoms with E-state index in [2.05, 4.69) is 4.98 Å². The van der Waals surface area contributed by atoms with Gasteiger partial charge in [0, 0.05) is 24.9 Å². The van der Waals surface area contributed by atoms with Crippen LogP contribution in [0, 0.1) is 0 Å². The molecule has 1 aromatic heterocycles. The van der Waals surface area contributed by atoms with E-state index < -0.39 is 6.10 Å². The quantitative estimate of drug-likeness (QED) is 0.775. The number of hydrogen-bond donors (Lipinski definition) is 1. The van der Waals surface area contributed by atoms with Crippen molar-refractivity contribution in [2.45, 2.75) is 25.6 Å².